The summed E-state index contributed by atoms with van der Waals surface area (Å²) in [4.78, 5) is 50.3. The van der Waals surface area contributed by atoms with Gasteiger partial charge >= 0.3 is 6.03 Å². The number of nitrogens with one attached hydrogen (secondary N) is 2. The second-order valence-electron chi connectivity index (χ2n) is 7.91. The van der Waals surface area contributed by atoms with Crippen LogP contribution in [0.4, 0.5) is 4.79 Å². The quantitative estimate of drug-likeness (QED) is 0.601. The van der Waals surface area contributed by atoms with Crippen LogP contribution in [0.3, 0.4) is 0 Å². The molecule has 7 heteroatoms. The van der Waals surface area contributed by atoms with Gasteiger partial charge in [-0.15, -0.1) is 0 Å². The van der Waals surface area contributed by atoms with E-state index in [4.69, 9.17) is 0 Å². The Morgan fingerprint density at radius 1 is 1.25 bits per heavy atom. The van der Waals surface area contributed by atoms with E-state index in [2.05, 4.69) is 10.6 Å². The molecule has 1 aliphatic carbocycles. The van der Waals surface area contributed by atoms with Crippen molar-refractivity contribution in [3.05, 3.63) is 35.4 Å². The molecule has 1 aliphatic heterocycles. The Kier molecular flexibility index (Phi) is 5.54. The first-order chi connectivity index (χ1) is 13.2. The Morgan fingerprint density at radius 2 is 1.93 bits per heavy atom. The lowest BCUT2D eigenvalue weighted by atomic mass is 9.73. The van der Waals surface area contributed by atoms with E-state index in [1.165, 1.54) is 6.92 Å². The molecule has 2 N–H and O–H groups in total. The summed E-state index contributed by atoms with van der Waals surface area (Å²) in [5, 5.41) is 5.65. The molecule has 3 atom stereocenters. The Labute approximate surface area is 164 Å². The zero-order chi connectivity index (χ0) is 20.5. The lowest BCUT2D eigenvalue weighted by Gasteiger charge is -2.36. The van der Waals surface area contributed by atoms with E-state index < -0.39 is 11.6 Å². The molecule has 3 rings (SSSR count). The van der Waals surface area contributed by atoms with E-state index >= 15 is 0 Å². The second-order valence-corrected chi connectivity index (χ2v) is 7.91. The van der Waals surface area contributed by atoms with Crippen LogP contribution in [0, 0.1) is 5.92 Å². The smallest absolute Gasteiger partial charge is 0.325 e. The van der Waals surface area contributed by atoms with Gasteiger partial charge in [-0.3, -0.25) is 19.3 Å². The van der Waals surface area contributed by atoms with Gasteiger partial charge in [-0.1, -0.05) is 44.0 Å². The van der Waals surface area contributed by atoms with Crippen molar-refractivity contribution in [3.63, 3.8) is 0 Å². The van der Waals surface area contributed by atoms with Gasteiger partial charge in [0, 0.05) is 12.5 Å². The maximum absolute atomic E-state index is 13.0. The van der Waals surface area contributed by atoms with Crippen LogP contribution in [-0.2, 0) is 9.59 Å². The summed E-state index contributed by atoms with van der Waals surface area (Å²) in [6.07, 6.45) is 3.46. The molecular formula is C21H27N3O4. The fourth-order valence-electron chi connectivity index (χ4n) is 4.22. The van der Waals surface area contributed by atoms with Crippen LogP contribution in [0.5, 0.6) is 0 Å². The van der Waals surface area contributed by atoms with E-state index in [0.717, 1.165) is 29.7 Å². The van der Waals surface area contributed by atoms with Crippen molar-refractivity contribution in [2.75, 3.05) is 6.54 Å². The summed E-state index contributed by atoms with van der Waals surface area (Å²) in [5.74, 6) is -0.638. The summed E-state index contributed by atoms with van der Waals surface area (Å²) >= 11 is 0. The van der Waals surface area contributed by atoms with Crippen molar-refractivity contribution in [3.8, 4) is 0 Å². The molecule has 0 bridgehead atoms. The van der Waals surface area contributed by atoms with Gasteiger partial charge < -0.3 is 10.6 Å². The summed E-state index contributed by atoms with van der Waals surface area (Å²) in [7, 11) is 0. The van der Waals surface area contributed by atoms with Crippen LogP contribution < -0.4 is 10.6 Å². The maximum Gasteiger partial charge on any atom is 0.325 e. The zero-order valence-corrected chi connectivity index (χ0v) is 16.6. The molecule has 1 heterocycles. The maximum atomic E-state index is 13.0. The molecule has 1 aromatic carbocycles. The molecule has 1 aromatic rings. The molecular weight excluding hydrogens is 358 g/mol. The second kappa shape index (κ2) is 7.73. The Morgan fingerprint density at radius 3 is 2.54 bits per heavy atom. The largest absolute Gasteiger partial charge is 0.350 e. The van der Waals surface area contributed by atoms with E-state index in [1.54, 1.807) is 24.3 Å². The minimum atomic E-state index is -0.854. The molecule has 2 aliphatic rings. The van der Waals surface area contributed by atoms with Crippen molar-refractivity contribution >= 4 is 23.6 Å². The lowest BCUT2D eigenvalue weighted by Crippen LogP contribution is -2.54. The highest BCUT2D eigenvalue weighted by Crippen LogP contribution is 2.38. The van der Waals surface area contributed by atoms with Gasteiger partial charge in [0.15, 0.2) is 5.78 Å². The predicted molar refractivity (Wildman–Crippen MR) is 104 cm³/mol. The number of amides is 4. The number of urea groups is 1. The number of rotatable bonds is 5. The molecule has 7 nitrogen and oxygen atoms in total. The number of hydrogen-bond donors (Lipinski definition) is 2. The van der Waals surface area contributed by atoms with Crippen LogP contribution in [-0.4, -0.2) is 40.6 Å². The van der Waals surface area contributed by atoms with Crippen molar-refractivity contribution in [1.82, 2.24) is 15.5 Å². The average Bonchev–Trinajstić information content (AvgIpc) is 2.88. The number of Topliss-reactive ketones (excluding diaryl/α,β-unsaturated/α-hetero) is 1. The monoisotopic (exact) mass is 385 g/mol. The summed E-state index contributed by atoms with van der Waals surface area (Å²) in [6.45, 7) is 5.03. The van der Waals surface area contributed by atoms with Gasteiger partial charge in [-0.05, 0) is 31.2 Å². The van der Waals surface area contributed by atoms with E-state index in [9.17, 15) is 19.2 Å². The molecule has 150 valence electrons. The third-order valence-corrected chi connectivity index (χ3v) is 5.96. The highest BCUT2D eigenvalue weighted by Gasteiger charge is 2.55. The standard InChI is InChI=1S/C21H27N3O4/c1-13-6-4-5-11-21(13)19(27)24(20(28)23-21)12-18(26)17-9-7-16(8-10-17)14(2)22-15(3)25/h7-10,13-14H,4-6,11-12H2,1-3H3,(H,22,25)(H,23,28)/t13-,14-,21-/m1/s1. The summed E-state index contributed by atoms with van der Waals surface area (Å²) < 4.78 is 0. The van der Waals surface area contributed by atoms with Crippen molar-refractivity contribution in [1.29, 1.82) is 0 Å². The molecule has 1 saturated carbocycles. The summed E-state index contributed by atoms with van der Waals surface area (Å²) in [6, 6.07) is 6.21. The van der Waals surface area contributed by atoms with Gasteiger partial charge in [-0.25, -0.2) is 4.79 Å². The Balaban J connectivity index is 1.70. The average molecular weight is 385 g/mol. The van der Waals surface area contributed by atoms with E-state index in [0.29, 0.717) is 12.0 Å². The van der Waals surface area contributed by atoms with Crippen LogP contribution >= 0.6 is 0 Å². The Hall–Kier alpha value is -2.70. The fraction of sp³-hybridized carbons (Fsp3) is 0.524. The predicted octanol–water partition coefficient (Wildman–Crippen LogP) is 2.57. The number of nitrogens with zero attached hydrogens (tertiary/aromatic N) is 1. The van der Waals surface area contributed by atoms with Gasteiger partial charge in [0.1, 0.15) is 5.54 Å². The first kappa shape index (κ1) is 20.0. The van der Waals surface area contributed by atoms with Crippen LogP contribution in [0.15, 0.2) is 24.3 Å². The normalized spacial score (nSPS) is 25.5. The molecule has 1 spiro atoms. The fourth-order valence-corrected chi connectivity index (χ4v) is 4.22. The Bertz CT molecular complexity index is 804. The van der Waals surface area contributed by atoms with Crippen molar-refractivity contribution < 1.29 is 19.2 Å². The van der Waals surface area contributed by atoms with Crippen LogP contribution in [0.2, 0.25) is 0 Å². The molecule has 1 saturated heterocycles. The van der Waals surface area contributed by atoms with E-state index in [1.807, 2.05) is 13.8 Å². The molecule has 2 fully saturated rings. The summed E-state index contributed by atoms with van der Waals surface area (Å²) in [5.41, 5.74) is 0.446. The number of benzene rings is 1. The topological polar surface area (TPSA) is 95.6 Å². The first-order valence-electron chi connectivity index (χ1n) is 9.79. The van der Waals surface area contributed by atoms with Gasteiger partial charge in [-0.2, -0.15) is 0 Å². The molecule has 4 amide bonds. The van der Waals surface area contributed by atoms with E-state index in [-0.39, 0.29) is 36.1 Å². The van der Waals surface area contributed by atoms with Crippen LogP contribution in [0.1, 0.15) is 68.4 Å². The first-order valence-corrected chi connectivity index (χ1v) is 9.79. The molecule has 0 radical (unpaired) electrons. The zero-order valence-electron chi connectivity index (χ0n) is 16.6. The molecule has 0 unspecified atom stereocenters. The SMILES string of the molecule is CC(=O)N[C@H](C)c1ccc(C(=O)CN2C(=O)N[C@@]3(CCCC[C@H]3C)C2=O)cc1. The van der Waals surface area contributed by atoms with Crippen molar-refractivity contribution in [2.45, 2.75) is 58.0 Å². The lowest BCUT2D eigenvalue weighted by molar-refractivity contribution is -0.134. The number of ketones is 1. The third kappa shape index (κ3) is 3.66. The van der Waals surface area contributed by atoms with Gasteiger partial charge in [0.05, 0.1) is 12.6 Å². The third-order valence-electron chi connectivity index (χ3n) is 5.96. The minimum absolute atomic E-state index is 0.0624. The number of imide groups is 1. The van der Waals surface area contributed by atoms with Crippen LogP contribution in [0.25, 0.3) is 0 Å². The number of hydrogen-bond acceptors (Lipinski definition) is 4. The number of carbonyl (C=O) groups is 4. The highest BCUT2D eigenvalue weighted by atomic mass is 16.2. The number of carbonyl (C=O) groups excluding carboxylic acids is 4. The molecule has 0 aromatic heterocycles. The van der Waals surface area contributed by atoms with Crippen molar-refractivity contribution in [2.24, 2.45) is 5.92 Å². The van der Waals surface area contributed by atoms with Gasteiger partial charge in [0.2, 0.25) is 5.91 Å². The van der Waals surface area contributed by atoms with Gasteiger partial charge in [0.25, 0.3) is 5.91 Å². The molecule has 28 heavy (non-hydrogen) atoms. The highest BCUT2D eigenvalue weighted by molar-refractivity contribution is 6.11. The minimum Gasteiger partial charge on any atom is -0.350 e.